The first-order valence-corrected chi connectivity index (χ1v) is 9.47. The van der Waals surface area contributed by atoms with Gasteiger partial charge in [0, 0.05) is 17.9 Å². The summed E-state index contributed by atoms with van der Waals surface area (Å²) in [5.74, 6) is 1.08. The van der Waals surface area contributed by atoms with Gasteiger partial charge in [0.25, 0.3) is 11.2 Å². The van der Waals surface area contributed by atoms with Gasteiger partial charge >= 0.3 is 0 Å². The third-order valence-electron chi connectivity index (χ3n) is 2.94. The van der Waals surface area contributed by atoms with Crippen LogP contribution in [0.25, 0.3) is 0 Å². The van der Waals surface area contributed by atoms with Crippen LogP contribution < -0.4 is 10.9 Å². The molecule has 2 rings (SSSR count). The summed E-state index contributed by atoms with van der Waals surface area (Å²) in [7, 11) is 0. The number of nitrogens with one attached hydrogen (secondary N) is 2. The summed E-state index contributed by atoms with van der Waals surface area (Å²) in [6.07, 6.45) is 0. The zero-order valence-corrected chi connectivity index (χ0v) is 15.0. The molecule has 1 amide bonds. The fourth-order valence-corrected chi connectivity index (χ4v) is 3.15. The van der Waals surface area contributed by atoms with Crippen molar-refractivity contribution in [1.82, 2.24) is 9.97 Å². The van der Waals surface area contributed by atoms with Gasteiger partial charge in [-0.25, -0.2) is 4.98 Å². The van der Waals surface area contributed by atoms with Crippen molar-refractivity contribution in [2.75, 3.05) is 16.8 Å². The number of anilines is 1. The predicted octanol–water partition coefficient (Wildman–Crippen LogP) is 2.66. The van der Waals surface area contributed by atoms with E-state index in [0.717, 1.165) is 17.5 Å². The second-order valence-electron chi connectivity index (χ2n) is 4.79. The maximum Gasteiger partial charge on any atom is 0.292 e. The molecule has 1 aromatic carbocycles. The Hall–Kier alpha value is -2.33. The molecular weight excluding hydrogens is 364 g/mol. The molecule has 8 nitrogen and oxygen atoms in total. The lowest BCUT2D eigenvalue weighted by molar-refractivity contribution is -0.383. The zero-order valence-electron chi connectivity index (χ0n) is 13.4. The van der Waals surface area contributed by atoms with E-state index in [2.05, 4.69) is 15.3 Å². The number of aromatic nitrogens is 2. The number of benzene rings is 1. The molecule has 0 saturated heterocycles. The van der Waals surface area contributed by atoms with E-state index in [1.54, 1.807) is 17.8 Å². The molecule has 0 atom stereocenters. The normalized spacial score (nSPS) is 10.4. The summed E-state index contributed by atoms with van der Waals surface area (Å²) in [4.78, 5) is 40.9. The second-order valence-corrected chi connectivity index (χ2v) is 7.03. The number of H-pyrrole nitrogens is 1. The Kier molecular flexibility index (Phi) is 7.02. The summed E-state index contributed by atoms with van der Waals surface area (Å²) in [5.41, 5.74) is 0.333. The first-order chi connectivity index (χ1) is 12.0. The maximum absolute atomic E-state index is 12.0. The number of aromatic amines is 1. The second kappa shape index (κ2) is 9.23. The Morgan fingerprint density at radius 3 is 2.88 bits per heavy atom. The lowest BCUT2D eigenvalue weighted by atomic mass is 10.2. The first-order valence-electron chi connectivity index (χ1n) is 7.33. The monoisotopic (exact) mass is 380 g/mol. The molecule has 0 unspecified atom stereocenters. The molecule has 2 aromatic rings. The van der Waals surface area contributed by atoms with Gasteiger partial charge in [-0.3, -0.25) is 19.7 Å². The number of nitrogens with zero attached hydrogens (tertiary/aromatic N) is 2. The first kappa shape index (κ1) is 19.0. The van der Waals surface area contributed by atoms with Gasteiger partial charge in [0.1, 0.15) is 5.69 Å². The number of para-hydroxylation sites is 2. The molecular formula is C15H16N4O4S2. The molecule has 25 heavy (non-hydrogen) atoms. The van der Waals surface area contributed by atoms with Crippen LogP contribution in [-0.4, -0.2) is 32.3 Å². The number of carbonyl (C=O) groups is 1. The van der Waals surface area contributed by atoms with Crippen molar-refractivity contribution in [3.63, 3.8) is 0 Å². The lowest BCUT2D eigenvalue weighted by Crippen LogP contribution is -2.16. The lowest BCUT2D eigenvalue weighted by Gasteiger charge is -2.06. The summed E-state index contributed by atoms with van der Waals surface area (Å²) in [5, 5.41) is 13.8. The van der Waals surface area contributed by atoms with Crippen LogP contribution in [0.5, 0.6) is 0 Å². The van der Waals surface area contributed by atoms with Crippen LogP contribution in [-0.2, 0) is 10.5 Å². The van der Waals surface area contributed by atoms with E-state index in [-0.39, 0.29) is 22.7 Å². The smallest absolute Gasteiger partial charge is 0.292 e. The minimum absolute atomic E-state index is 0.0284. The Morgan fingerprint density at radius 1 is 1.40 bits per heavy atom. The van der Waals surface area contributed by atoms with Gasteiger partial charge in [-0.05, 0) is 11.8 Å². The number of hydrogen-bond acceptors (Lipinski definition) is 7. The third-order valence-corrected chi connectivity index (χ3v) is 4.72. The Morgan fingerprint density at radius 2 is 2.16 bits per heavy atom. The van der Waals surface area contributed by atoms with Crippen LogP contribution in [0, 0.1) is 10.1 Å². The van der Waals surface area contributed by atoms with Crippen molar-refractivity contribution in [2.24, 2.45) is 0 Å². The topological polar surface area (TPSA) is 118 Å². The van der Waals surface area contributed by atoms with Gasteiger partial charge in [-0.1, -0.05) is 30.8 Å². The summed E-state index contributed by atoms with van der Waals surface area (Å²) in [6, 6.07) is 7.33. The van der Waals surface area contributed by atoms with Crippen LogP contribution in [0.1, 0.15) is 12.6 Å². The van der Waals surface area contributed by atoms with Gasteiger partial charge in [0.05, 0.1) is 16.4 Å². The van der Waals surface area contributed by atoms with E-state index in [0.29, 0.717) is 16.6 Å². The minimum atomic E-state index is -0.559. The molecule has 0 bridgehead atoms. The van der Waals surface area contributed by atoms with Crippen molar-refractivity contribution in [3.8, 4) is 0 Å². The standard InChI is InChI=1S/C15H16N4O4S2/c1-2-24-8-10-7-13(20)18-15(16-10)25-9-14(21)17-11-5-3-4-6-12(11)19(22)23/h3-7H,2,8-9H2,1H3,(H,17,21)(H,16,18,20). The molecule has 0 aliphatic rings. The molecule has 0 radical (unpaired) electrons. The minimum Gasteiger partial charge on any atom is -0.320 e. The number of amides is 1. The van der Waals surface area contributed by atoms with E-state index >= 15 is 0 Å². The summed E-state index contributed by atoms with van der Waals surface area (Å²) < 4.78 is 0. The summed E-state index contributed by atoms with van der Waals surface area (Å²) >= 11 is 2.71. The van der Waals surface area contributed by atoms with Gasteiger partial charge in [-0.15, -0.1) is 0 Å². The van der Waals surface area contributed by atoms with Gasteiger partial charge in [-0.2, -0.15) is 11.8 Å². The van der Waals surface area contributed by atoms with Crippen LogP contribution in [0.2, 0.25) is 0 Å². The van der Waals surface area contributed by atoms with E-state index in [4.69, 9.17) is 0 Å². The van der Waals surface area contributed by atoms with Crippen molar-refractivity contribution in [1.29, 1.82) is 0 Å². The van der Waals surface area contributed by atoms with E-state index in [1.807, 2.05) is 6.92 Å². The molecule has 1 aromatic heterocycles. The SMILES string of the molecule is CCSCc1cc(=O)[nH]c(SCC(=O)Nc2ccccc2[N+](=O)[O-])n1. The number of nitro groups is 1. The van der Waals surface area contributed by atoms with Crippen molar-refractivity contribution in [2.45, 2.75) is 17.8 Å². The van der Waals surface area contributed by atoms with Crippen LogP contribution in [0.4, 0.5) is 11.4 Å². The fourth-order valence-electron chi connectivity index (χ4n) is 1.89. The van der Waals surface area contributed by atoms with Gasteiger partial charge in [0.15, 0.2) is 5.16 Å². The zero-order chi connectivity index (χ0) is 18.2. The van der Waals surface area contributed by atoms with Crippen LogP contribution in [0.15, 0.2) is 40.3 Å². The maximum atomic E-state index is 12.0. The number of nitro benzene ring substituents is 1. The molecule has 0 fully saturated rings. The Labute approximate surface area is 152 Å². The average molecular weight is 380 g/mol. The summed E-state index contributed by atoms with van der Waals surface area (Å²) in [6.45, 7) is 2.01. The molecule has 10 heteroatoms. The highest BCUT2D eigenvalue weighted by Crippen LogP contribution is 2.23. The quantitative estimate of drug-likeness (QED) is 0.313. The molecule has 1 heterocycles. The van der Waals surface area contributed by atoms with Crippen molar-refractivity contribution in [3.05, 3.63) is 56.5 Å². The molecule has 132 valence electrons. The molecule has 0 spiro atoms. The number of carbonyl (C=O) groups excluding carboxylic acids is 1. The number of hydrogen-bond donors (Lipinski definition) is 2. The number of thioether (sulfide) groups is 2. The van der Waals surface area contributed by atoms with Crippen LogP contribution >= 0.6 is 23.5 Å². The molecule has 2 N–H and O–H groups in total. The highest BCUT2D eigenvalue weighted by Gasteiger charge is 2.15. The molecule has 0 aliphatic carbocycles. The van der Waals surface area contributed by atoms with E-state index in [9.17, 15) is 19.7 Å². The largest absolute Gasteiger partial charge is 0.320 e. The van der Waals surface area contributed by atoms with Crippen molar-refractivity contribution >= 4 is 40.8 Å². The average Bonchev–Trinajstić information content (AvgIpc) is 2.58. The fraction of sp³-hybridized carbons (Fsp3) is 0.267. The Bertz CT molecular complexity index is 825. The van der Waals surface area contributed by atoms with E-state index in [1.165, 1.54) is 24.3 Å². The highest BCUT2D eigenvalue weighted by molar-refractivity contribution is 7.99. The Balaban J connectivity index is 2.00. The molecule has 0 aliphatic heterocycles. The van der Waals surface area contributed by atoms with Gasteiger partial charge < -0.3 is 10.3 Å². The third kappa shape index (κ3) is 5.91. The van der Waals surface area contributed by atoms with Crippen molar-refractivity contribution < 1.29 is 9.72 Å². The van der Waals surface area contributed by atoms with E-state index < -0.39 is 10.8 Å². The molecule has 0 saturated carbocycles. The predicted molar refractivity (Wildman–Crippen MR) is 99.1 cm³/mol. The number of rotatable bonds is 8. The van der Waals surface area contributed by atoms with Gasteiger partial charge in [0.2, 0.25) is 5.91 Å². The highest BCUT2D eigenvalue weighted by atomic mass is 32.2. The van der Waals surface area contributed by atoms with Crippen LogP contribution in [0.3, 0.4) is 0 Å².